The lowest BCUT2D eigenvalue weighted by atomic mass is 9.68. The van der Waals surface area contributed by atoms with Gasteiger partial charge in [-0.25, -0.2) is 13.6 Å². The van der Waals surface area contributed by atoms with E-state index in [0.717, 1.165) is 37.7 Å². The number of amides is 3. The van der Waals surface area contributed by atoms with Gasteiger partial charge in [0, 0.05) is 31.8 Å². The van der Waals surface area contributed by atoms with Gasteiger partial charge in [-0.3, -0.25) is 24.1 Å². The number of aromatic amines is 1. The number of H-pyrrole nitrogens is 1. The van der Waals surface area contributed by atoms with Crippen LogP contribution >= 0.6 is 39.0 Å². The number of para-hydroxylation sites is 1. The lowest BCUT2D eigenvalue weighted by Gasteiger charge is -2.43. The molecule has 3 amide bonds. The fraction of sp³-hybridized carbons (Fsp3) is 0.273. The maximum atomic E-state index is 14.0. The van der Waals surface area contributed by atoms with E-state index in [1.54, 1.807) is 30.0 Å². The van der Waals surface area contributed by atoms with Gasteiger partial charge in [-0.15, -0.1) is 11.8 Å². The van der Waals surface area contributed by atoms with Gasteiger partial charge in [-0.2, -0.15) is 0 Å². The summed E-state index contributed by atoms with van der Waals surface area (Å²) in [7, 11) is -3.87. The zero-order valence-corrected chi connectivity index (χ0v) is 28.9. The summed E-state index contributed by atoms with van der Waals surface area (Å²) < 4.78 is 30.1. The van der Waals surface area contributed by atoms with Crippen LogP contribution in [0.2, 0.25) is 0 Å². The van der Waals surface area contributed by atoms with Crippen LogP contribution in [0, 0.1) is 29.6 Å². The number of fused-ring (bicyclic) bond motifs is 9. The molecule has 3 heterocycles. The fourth-order valence-electron chi connectivity index (χ4n) is 8.16. The zero-order chi connectivity index (χ0) is 33.5. The van der Waals surface area contributed by atoms with Gasteiger partial charge in [-0.05, 0) is 78.8 Å². The van der Waals surface area contributed by atoms with Gasteiger partial charge in [0.25, 0.3) is 5.91 Å². The van der Waals surface area contributed by atoms with Crippen molar-refractivity contribution >= 4 is 78.1 Å². The Hall–Kier alpha value is -3.76. The molecule has 4 aliphatic rings. The van der Waals surface area contributed by atoms with Crippen molar-refractivity contribution in [3.8, 4) is 5.75 Å². The highest BCUT2D eigenvalue weighted by atomic mass is 79.9. The van der Waals surface area contributed by atoms with Crippen LogP contribution in [0.15, 0.2) is 92.0 Å². The highest BCUT2D eigenvalue weighted by molar-refractivity contribution is 9.10. The molecular formula is C33H27BrN4O7S3. The van der Waals surface area contributed by atoms with Crippen LogP contribution in [0.25, 0.3) is 0 Å². The number of sulfonamides is 1. The van der Waals surface area contributed by atoms with E-state index in [4.69, 9.17) is 9.88 Å². The average molecular weight is 768 g/mol. The second kappa shape index (κ2) is 11.7. The van der Waals surface area contributed by atoms with E-state index in [1.807, 2.05) is 30.3 Å². The zero-order valence-electron chi connectivity index (χ0n) is 24.9. The van der Waals surface area contributed by atoms with Gasteiger partial charge in [0.15, 0.2) is 6.61 Å². The number of carbonyl (C=O) groups excluding carboxylic acids is 3. The summed E-state index contributed by atoms with van der Waals surface area (Å²) in [5, 5.41) is 8.62. The first-order chi connectivity index (χ1) is 23.0. The molecule has 4 N–H and O–H groups in total. The number of anilines is 2. The number of nitrogens with two attached hydrogens (primary N) is 1. The van der Waals surface area contributed by atoms with Gasteiger partial charge in [-0.1, -0.05) is 45.5 Å². The van der Waals surface area contributed by atoms with Crippen LogP contribution < -0.4 is 25.0 Å². The van der Waals surface area contributed by atoms with Crippen molar-refractivity contribution in [3.05, 3.63) is 97.4 Å². The van der Waals surface area contributed by atoms with Gasteiger partial charge in [0.05, 0.1) is 27.4 Å². The number of hydrogen-bond acceptors (Lipinski definition) is 9. The molecule has 11 nitrogen and oxygen atoms in total. The number of benzene rings is 3. The Morgan fingerprint density at radius 1 is 1.00 bits per heavy atom. The van der Waals surface area contributed by atoms with Gasteiger partial charge in [0.1, 0.15) is 5.75 Å². The summed E-state index contributed by atoms with van der Waals surface area (Å²) in [6.07, 6.45) is 0.740. The maximum Gasteiger partial charge on any atom is 0.305 e. The second-order valence-corrected chi connectivity index (χ2v) is 17.1. The number of thioether (sulfide) groups is 1. The van der Waals surface area contributed by atoms with E-state index >= 15 is 0 Å². The molecule has 2 aliphatic carbocycles. The largest absolute Gasteiger partial charge is 0.483 e. The number of halogens is 1. The van der Waals surface area contributed by atoms with E-state index in [0.29, 0.717) is 17.1 Å². The van der Waals surface area contributed by atoms with E-state index in [-0.39, 0.29) is 57.1 Å². The van der Waals surface area contributed by atoms with Gasteiger partial charge in [0.2, 0.25) is 21.8 Å². The number of nitrogens with one attached hydrogen (secondary N) is 2. The normalized spacial score (nSPS) is 27.0. The number of hydrogen-bond donors (Lipinski definition) is 3. The molecular weight excluding hydrogens is 740 g/mol. The lowest BCUT2D eigenvalue weighted by Crippen LogP contribution is -2.42. The Morgan fingerprint density at radius 2 is 1.71 bits per heavy atom. The van der Waals surface area contributed by atoms with Crippen molar-refractivity contribution in [2.45, 2.75) is 27.5 Å². The summed E-state index contributed by atoms with van der Waals surface area (Å²) in [4.78, 5) is 58.5. The number of thiazole rings is 1. The fourth-order valence-corrected chi connectivity index (χ4v) is 11.9. The predicted octanol–water partition coefficient (Wildman–Crippen LogP) is 4.54. The molecule has 3 fully saturated rings. The van der Waals surface area contributed by atoms with Crippen LogP contribution in [0.4, 0.5) is 11.4 Å². The predicted molar refractivity (Wildman–Crippen MR) is 184 cm³/mol. The van der Waals surface area contributed by atoms with E-state index in [2.05, 4.69) is 26.2 Å². The van der Waals surface area contributed by atoms with E-state index in [9.17, 15) is 27.6 Å². The maximum absolute atomic E-state index is 14.0. The molecule has 1 saturated heterocycles. The number of primary sulfonamides is 1. The number of nitrogens with zero attached hydrogens (tertiary/aromatic N) is 1. The third-order valence-electron chi connectivity index (χ3n) is 9.87. The third-order valence-corrected chi connectivity index (χ3v) is 13.9. The third kappa shape index (κ3) is 5.14. The molecule has 4 aromatic rings. The van der Waals surface area contributed by atoms with Crippen molar-refractivity contribution in [1.29, 1.82) is 0 Å². The molecule has 8 rings (SSSR count). The highest BCUT2D eigenvalue weighted by Gasteiger charge is 2.69. The smallest absolute Gasteiger partial charge is 0.305 e. The molecule has 48 heavy (non-hydrogen) atoms. The molecule has 6 unspecified atom stereocenters. The van der Waals surface area contributed by atoms with Crippen molar-refractivity contribution in [3.63, 3.8) is 0 Å². The van der Waals surface area contributed by atoms with Gasteiger partial charge < -0.3 is 15.0 Å². The molecule has 15 heteroatoms. The van der Waals surface area contributed by atoms with Crippen LogP contribution in [0.1, 0.15) is 22.8 Å². The molecule has 2 bridgehead atoms. The molecule has 1 aromatic heterocycles. The quantitative estimate of drug-likeness (QED) is 0.231. The lowest BCUT2D eigenvalue weighted by molar-refractivity contribution is -0.123. The number of carbonyl (C=O) groups is 3. The average Bonchev–Trinajstić information content (AvgIpc) is 3.79. The van der Waals surface area contributed by atoms with E-state index < -0.39 is 27.8 Å². The molecule has 0 spiro atoms. The summed E-state index contributed by atoms with van der Waals surface area (Å²) >= 11 is 6.34. The first kappa shape index (κ1) is 31.5. The number of ether oxygens (including phenoxy) is 1. The number of rotatable bonds is 7. The molecule has 0 radical (unpaired) electrons. The van der Waals surface area contributed by atoms with Crippen LogP contribution in [0.3, 0.4) is 0 Å². The second-order valence-electron chi connectivity index (χ2n) is 12.4. The van der Waals surface area contributed by atoms with Crippen molar-refractivity contribution < 1.29 is 27.5 Å². The summed E-state index contributed by atoms with van der Waals surface area (Å²) in [6, 6.07) is 20.1. The van der Waals surface area contributed by atoms with Crippen molar-refractivity contribution in [2.24, 2.45) is 34.7 Å². The summed E-state index contributed by atoms with van der Waals surface area (Å²) in [5.41, 5.74) is 1.73. The van der Waals surface area contributed by atoms with E-state index in [1.165, 1.54) is 29.2 Å². The standard InChI is InChI=1S/C33H27BrN4O7S3/c34-15-6-11-22(45-14-23(39)36-16-7-9-18(10-8-16)48(35,43)44)19(12-15)24-25-20-13-21(28(25)46-30-29(24)47-33(42)37-30)27-26(20)31(40)38(32(27)41)17-4-2-1-3-5-17/h1-12,20-21,24-28H,13-14H2,(H,36,39)(H,37,42)(H2,35,43,44)/t20?,21?,24-,25?,26?,27?,28?/m1/s1. The van der Waals surface area contributed by atoms with Crippen LogP contribution in [0.5, 0.6) is 5.75 Å². The molecule has 2 saturated carbocycles. The minimum atomic E-state index is -3.87. The number of imide groups is 1. The van der Waals surface area contributed by atoms with Crippen molar-refractivity contribution in [2.75, 3.05) is 16.8 Å². The Labute approximate surface area is 291 Å². The Morgan fingerprint density at radius 3 is 2.42 bits per heavy atom. The first-order valence-electron chi connectivity index (χ1n) is 15.2. The van der Waals surface area contributed by atoms with Crippen molar-refractivity contribution in [1.82, 2.24) is 4.98 Å². The summed E-state index contributed by atoms with van der Waals surface area (Å²) in [6.45, 7) is -0.340. The molecule has 3 aromatic carbocycles. The Kier molecular flexibility index (Phi) is 7.67. The minimum Gasteiger partial charge on any atom is -0.483 e. The molecule has 2 aliphatic heterocycles. The Balaban J connectivity index is 1.11. The monoisotopic (exact) mass is 766 g/mol. The SMILES string of the molecule is NS(=O)(=O)c1ccc(NC(=O)COc2ccc(Br)cc2[C@H]2c3sc(=O)[nH]c3SC3C4CC(C5C(=O)N(c6ccccc6)C(=O)C45)C32)cc1. The van der Waals surface area contributed by atoms with Crippen LogP contribution in [-0.4, -0.2) is 43.0 Å². The topological polar surface area (TPSA) is 169 Å². The van der Waals surface area contributed by atoms with Crippen LogP contribution in [-0.2, 0) is 24.4 Å². The first-order valence-corrected chi connectivity index (χ1v) is 19.2. The highest BCUT2D eigenvalue weighted by Crippen LogP contribution is 2.69. The minimum absolute atomic E-state index is 0.0121. The molecule has 246 valence electrons. The summed E-state index contributed by atoms with van der Waals surface area (Å²) in [5.74, 6) is -1.70. The molecule has 7 atom stereocenters. The Bertz CT molecular complexity index is 2160. The number of aromatic nitrogens is 1. The van der Waals surface area contributed by atoms with Gasteiger partial charge >= 0.3 is 4.87 Å².